The highest BCUT2D eigenvalue weighted by molar-refractivity contribution is 6.31. The van der Waals surface area contributed by atoms with Crippen molar-refractivity contribution in [3.05, 3.63) is 27.8 Å². The summed E-state index contributed by atoms with van der Waals surface area (Å²) in [7, 11) is 0. The molecule has 2 aliphatic rings. The third-order valence-electron chi connectivity index (χ3n) is 3.68. The zero-order chi connectivity index (χ0) is 11.5. The summed E-state index contributed by atoms with van der Waals surface area (Å²) in [5.41, 5.74) is 3.15. The minimum Gasteiger partial charge on any atom is -0.493 e. The van der Waals surface area contributed by atoms with E-state index in [2.05, 4.69) is 13.8 Å². The molecule has 1 N–H and O–H groups in total. The average molecular weight is 239 g/mol. The van der Waals surface area contributed by atoms with Gasteiger partial charge < -0.3 is 9.84 Å². The molecule has 0 radical (unpaired) electrons. The normalized spacial score (nSPS) is 25.1. The molecule has 0 saturated heterocycles. The summed E-state index contributed by atoms with van der Waals surface area (Å²) < 4.78 is 5.71. The van der Waals surface area contributed by atoms with Crippen molar-refractivity contribution in [2.75, 3.05) is 6.61 Å². The van der Waals surface area contributed by atoms with Gasteiger partial charge in [0.2, 0.25) is 0 Å². The molecule has 16 heavy (non-hydrogen) atoms. The van der Waals surface area contributed by atoms with Crippen molar-refractivity contribution in [3.63, 3.8) is 0 Å². The van der Waals surface area contributed by atoms with Crippen LogP contribution in [0.15, 0.2) is 6.07 Å². The number of aliphatic hydroxyl groups is 1. The van der Waals surface area contributed by atoms with E-state index < -0.39 is 6.10 Å². The molecule has 0 amide bonds. The lowest BCUT2D eigenvalue weighted by atomic mass is 9.85. The molecule has 1 aromatic carbocycles. The van der Waals surface area contributed by atoms with E-state index in [4.69, 9.17) is 16.3 Å². The molecule has 0 spiro atoms. The number of benzene rings is 1. The number of hydrogen-bond acceptors (Lipinski definition) is 2. The Balaban J connectivity index is 2.33. The van der Waals surface area contributed by atoms with Crippen molar-refractivity contribution >= 4 is 11.6 Å². The van der Waals surface area contributed by atoms with Gasteiger partial charge in [0.15, 0.2) is 0 Å². The summed E-state index contributed by atoms with van der Waals surface area (Å²) in [5.74, 6) is 0.973. The van der Waals surface area contributed by atoms with Crippen LogP contribution in [-0.2, 0) is 11.8 Å². The molecule has 0 fully saturated rings. The second-order valence-corrected chi connectivity index (χ2v) is 5.74. The average Bonchev–Trinajstić information content (AvgIpc) is 2.68. The zero-order valence-corrected chi connectivity index (χ0v) is 10.3. The third-order valence-corrected chi connectivity index (χ3v) is 3.99. The monoisotopic (exact) mass is 238 g/mol. The number of halogens is 1. The minimum absolute atomic E-state index is 0.0475. The Morgan fingerprint density at radius 3 is 3.00 bits per heavy atom. The standard InChI is InChI=1S/C13H15ClO2/c1-13(2)6-9(15)10-8(14)5-7-3-4-16-12(7)11(10)13/h5,9,15H,3-4,6H2,1-2H3/t9-/m0/s1. The van der Waals surface area contributed by atoms with Gasteiger partial charge in [-0.05, 0) is 23.5 Å². The van der Waals surface area contributed by atoms with Gasteiger partial charge in [-0.25, -0.2) is 0 Å². The van der Waals surface area contributed by atoms with E-state index in [1.165, 1.54) is 5.56 Å². The second kappa shape index (κ2) is 3.14. The van der Waals surface area contributed by atoms with Crippen LogP contribution in [0.25, 0.3) is 0 Å². The largest absolute Gasteiger partial charge is 0.493 e. The van der Waals surface area contributed by atoms with Crippen LogP contribution < -0.4 is 4.74 Å². The van der Waals surface area contributed by atoms with Crippen LogP contribution in [0, 0.1) is 0 Å². The van der Waals surface area contributed by atoms with E-state index >= 15 is 0 Å². The highest BCUT2D eigenvalue weighted by atomic mass is 35.5. The number of ether oxygens (including phenoxy) is 1. The van der Waals surface area contributed by atoms with Crippen molar-refractivity contribution in [1.82, 2.24) is 0 Å². The fourth-order valence-electron chi connectivity index (χ4n) is 3.00. The van der Waals surface area contributed by atoms with Crippen LogP contribution in [-0.4, -0.2) is 11.7 Å². The molecule has 3 heteroatoms. The van der Waals surface area contributed by atoms with Crippen LogP contribution >= 0.6 is 11.6 Å². The first kappa shape index (κ1) is 10.4. The van der Waals surface area contributed by atoms with Gasteiger partial charge in [-0.15, -0.1) is 0 Å². The first-order valence-electron chi connectivity index (χ1n) is 5.67. The van der Waals surface area contributed by atoms with Gasteiger partial charge in [-0.3, -0.25) is 0 Å². The van der Waals surface area contributed by atoms with Crippen molar-refractivity contribution < 1.29 is 9.84 Å². The predicted octanol–water partition coefficient (Wildman–Crippen LogP) is 2.99. The number of aliphatic hydroxyl groups excluding tert-OH is 1. The molecular formula is C13H15ClO2. The van der Waals surface area contributed by atoms with Crippen LogP contribution in [0.3, 0.4) is 0 Å². The number of rotatable bonds is 0. The Labute approximate surface area is 100 Å². The summed E-state index contributed by atoms with van der Waals surface area (Å²) in [6.45, 7) is 5.01. The van der Waals surface area contributed by atoms with Gasteiger partial charge in [-0.1, -0.05) is 25.4 Å². The van der Waals surface area contributed by atoms with Gasteiger partial charge in [-0.2, -0.15) is 0 Å². The maximum atomic E-state index is 10.1. The van der Waals surface area contributed by atoms with Gasteiger partial charge in [0.25, 0.3) is 0 Å². The predicted molar refractivity (Wildman–Crippen MR) is 63.3 cm³/mol. The molecule has 0 aromatic heterocycles. The molecule has 1 aliphatic carbocycles. The lowest BCUT2D eigenvalue weighted by Gasteiger charge is -2.21. The Morgan fingerprint density at radius 1 is 1.50 bits per heavy atom. The molecule has 0 unspecified atom stereocenters. The van der Waals surface area contributed by atoms with E-state index in [0.717, 1.165) is 36.3 Å². The summed E-state index contributed by atoms with van der Waals surface area (Å²) in [6, 6.07) is 1.95. The van der Waals surface area contributed by atoms with Crippen LogP contribution in [0.5, 0.6) is 5.75 Å². The topological polar surface area (TPSA) is 29.5 Å². The molecule has 2 nitrogen and oxygen atoms in total. The Morgan fingerprint density at radius 2 is 2.25 bits per heavy atom. The highest BCUT2D eigenvalue weighted by Crippen LogP contribution is 2.53. The smallest absolute Gasteiger partial charge is 0.126 e. The molecule has 1 aromatic rings. The minimum atomic E-state index is -0.452. The summed E-state index contributed by atoms with van der Waals surface area (Å²) in [6.07, 6.45) is 1.20. The van der Waals surface area contributed by atoms with Gasteiger partial charge in [0, 0.05) is 22.6 Å². The summed E-state index contributed by atoms with van der Waals surface area (Å²) in [4.78, 5) is 0. The van der Waals surface area contributed by atoms with E-state index in [1.54, 1.807) is 0 Å². The molecule has 86 valence electrons. The van der Waals surface area contributed by atoms with Crippen molar-refractivity contribution in [2.45, 2.75) is 38.2 Å². The lowest BCUT2D eigenvalue weighted by Crippen LogP contribution is -2.13. The van der Waals surface area contributed by atoms with Crippen LogP contribution in [0.4, 0.5) is 0 Å². The van der Waals surface area contributed by atoms with Crippen molar-refractivity contribution in [2.24, 2.45) is 0 Å². The van der Waals surface area contributed by atoms with Crippen LogP contribution in [0.2, 0.25) is 5.02 Å². The van der Waals surface area contributed by atoms with E-state index in [9.17, 15) is 5.11 Å². The van der Waals surface area contributed by atoms with Gasteiger partial charge >= 0.3 is 0 Å². The van der Waals surface area contributed by atoms with Gasteiger partial charge in [0.05, 0.1) is 12.7 Å². The molecule has 1 heterocycles. The molecule has 3 rings (SSSR count). The first-order chi connectivity index (χ1) is 7.50. The lowest BCUT2D eigenvalue weighted by molar-refractivity contribution is 0.161. The van der Waals surface area contributed by atoms with E-state index in [-0.39, 0.29) is 5.41 Å². The molecular weight excluding hydrogens is 224 g/mol. The quantitative estimate of drug-likeness (QED) is 0.753. The SMILES string of the molecule is CC1(C)C[C@H](O)c2c(Cl)cc3c(c21)OCC3. The summed E-state index contributed by atoms with van der Waals surface area (Å²) in [5, 5.41) is 10.8. The van der Waals surface area contributed by atoms with E-state index in [0.29, 0.717) is 5.02 Å². The maximum Gasteiger partial charge on any atom is 0.126 e. The second-order valence-electron chi connectivity index (χ2n) is 5.34. The Hall–Kier alpha value is -0.730. The van der Waals surface area contributed by atoms with Crippen molar-refractivity contribution in [1.29, 1.82) is 0 Å². The number of fused-ring (bicyclic) bond motifs is 3. The molecule has 1 atom stereocenters. The first-order valence-corrected chi connectivity index (χ1v) is 6.05. The molecule has 0 bridgehead atoms. The van der Waals surface area contributed by atoms with Crippen molar-refractivity contribution in [3.8, 4) is 5.75 Å². The van der Waals surface area contributed by atoms with Crippen LogP contribution in [0.1, 0.15) is 43.1 Å². The van der Waals surface area contributed by atoms with E-state index in [1.807, 2.05) is 6.07 Å². The third kappa shape index (κ3) is 1.23. The zero-order valence-electron chi connectivity index (χ0n) is 9.51. The fourth-order valence-corrected chi connectivity index (χ4v) is 3.35. The Kier molecular flexibility index (Phi) is 2.05. The maximum absolute atomic E-state index is 10.1. The summed E-state index contributed by atoms with van der Waals surface area (Å²) >= 11 is 6.26. The highest BCUT2D eigenvalue weighted by Gasteiger charge is 2.42. The molecule has 0 saturated carbocycles. The van der Waals surface area contributed by atoms with Gasteiger partial charge in [0.1, 0.15) is 5.75 Å². The Bertz CT molecular complexity index is 465. The fraction of sp³-hybridized carbons (Fsp3) is 0.538. The molecule has 1 aliphatic heterocycles. The number of hydrogen-bond donors (Lipinski definition) is 1.